The number of hydrogen-bond acceptors (Lipinski definition) is 2. The number of carboxylic acids is 1. The second-order valence-corrected chi connectivity index (χ2v) is 5.84. The lowest BCUT2D eigenvalue weighted by atomic mass is 9.87. The first kappa shape index (κ1) is 14.1. The van der Waals surface area contributed by atoms with E-state index in [1.165, 1.54) is 0 Å². The van der Waals surface area contributed by atoms with Crippen LogP contribution >= 0.6 is 15.9 Å². The fourth-order valence-corrected chi connectivity index (χ4v) is 2.74. The number of aliphatic carboxylic acids is 1. The number of carbonyl (C=O) groups excluding carboxylic acids is 1. The minimum Gasteiger partial charge on any atom is -0.481 e. The molecule has 0 radical (unpaired) electrons. The highest BCUT2D eigenvalue weighted by Gasteiger charge is 2.38. The number of likely N-dealkylation sites (tertiary alicyclic amines) is 1. The van der Waals surface area contributed by atoms with Crippen LogP contribution in [0.5, 0.6) is 0 Å². The summed E-state index contributed by atoms with van der Waals surface area (Å²) < 4.78 is 2.77. The van der Waals surface area contributed by atoms with Gasteiger partial charge in [-0.2, -0.15) is 0 Å². The van der Waals surface area contributed by atoms with Crippen molar-refractivity contribution in [3.05, 3.63) is 22.4 Å². The van der Waals surface area contributed by atoms with E-state index in [4.69, 9.17) is 5.11 Å². The Morgan fingerprint density at radius 1 is 1.53 bits per heavy atom. The number of halogens is 1. The lowest BCUT2D eigenvalue weighted by Gasteiger charge is -2.41. The molecule has 1 unspecified atom stereocenters. The molecule has 2 rings (SSSR count). The topological polar surface area (TPSA) is 62.5 Å². The molecule has 1 aliphatic heterocycles. The molecule has 0 saturated carbocycles. The van der Waals surface area contributed by atoms with Crippen molar-refractivity contribution in [2.75, 3.05) is 13.1 Å². The Balaban J connectivity index is 2.02. The molecule has 5 nitrogen and oxygen atoms in total. The summed E-state index contributed by atoms with van der Waals surface area (Å²) in [5.41, 5.74) is 0.649. The average molecular weight is 329 g/mol. The lowest BCUT2D eigenvalue weighted by Crippen LogP contribution is -2.53. The average Bonchev–Trinajstić information content (AvgIpc) is 2.68. The van der Waals surface area contributed by atoms with E-state index in [2.05, 4.69) is 15.9 Å². The molecule has 6 heteroatoms. The summed E-state index contributed by atoms with van der Waals surface area (Å²) in [6, 6.07) is 1.81. The second-order valence-electron chi connectivity index (χ2n) is 4.93. The van der Waals surface area contributed by atoms with Crippen LogP contribution in [0.2, 0.25) is 0 Å². The van der Waals surface area contributed by atoms with E-state index in [9.17, 15) is 9.59 Å². The van der Waals surface area contributed by atoms with Gasteiger partial charge in [0.15, 0.2) is 0 Å². The Kier molecular flexibility index (Phi) is 3.99. The summed E-state index contributed by atoms with van der Waals surface area (Å²) >= 11 is 3.37. The third-order valence-electron chi connectivity index (χ3n) is 3.72. The van der Waals surface area contributed by atoms with Gasteiger partial charge >= 0.3 is 5.97 Å². The molecule has 1 saturated heterocycles. The Labute approximate surface area is 120 Å². The highest BCUT2D eigenvalue weighted by atomic mass is 79.9. The number of hydrogen-bond donors (Lipinski definition) is 1. The molecule has 0 spiro atoms. The summed E-state index contributed by atoms with van der Waals surface area (Å²) in [4.78, 5) is 24.9. The maximum Gasteiger partial charge on any atom is 0.306 e. The smallest absolute Gasteiger partial charge is 0.306 e. The summed E-state index contributed by atoms with van der Waals surface area (Å²) in [5, 5.41) is 8.93. The van der Waals surface area contributed by atoms with Crippen LogP contribution in [0.3, 0.4) is 0 Å². The molecule has 0 aliphatic carbocycles. The fourth-order valence-electron chi connectivity index (χ4n) is 2.27. The number of nitrogens with zero attached hydrogens (tertiary/aromatic N) is 2. The van der Waals surface area contributed by atoms with E-state index in [1.54, 1.807) is 17.9 Å². The largest absolute Gasteiger partial charge is 0.481 e. The summed E-state index contributed by atoms with van der Waals surface area (Å²) in [7, 11) is 0. The molecule has 2 heterocycles. The van der Waals surface area contributed by atoms with E-state index in [-0.39, 0.29) is 11.8 Å². The van der Waals surface area contributed by atoms with Gasteiger partial charge in [-0.3, -0.25) is 9.59 Å². The summed E-state index contributed by atoms with van der Waals surface area (Å²) in [5.74, 6) is -1.15. The molecule has 1 fully saturated rings. The molecular formula is C13H17BrN2O3. The zero-order valence-electron chi connectivity index (χ0n) is 11.0. The lowest BCUT2D eigenvalue weighted by molar-refractivity contribution is -0.144. The Hall–Kier alpha value is -1.30. The Bertz CT molecular complexity index is 506. The molecule has 1 amide bonds. The van der Waals surface area contributed by atoms with E-state index in [1.807, 2.05) is 17.7 Å². The number of rotatable bonds is 4. The third kappa shape index (κ3) is 2.68. The van der Waals surface area contributed by atoms with Crippen LogP contribution in [-0.4, -0.2) is 39.5 Å². The maximum atomic E-state index is 12.3. The first-order valence-corrected chi connectivity index (χ1v) is 7.11. The number of aromatic nitrogens is 1. The van der Waals surface area contributed by atoms with Gasteiger partial charge in [0.2, 0.25) is 0 Å². The molecule has 19 heavy (non-hydrogen) atoms. The number of carbonyl (C=O) groups is 2. The molecule has 1 aromatic rings. The number of amides is 1. The van der Waals surface area contributed by atoms with Gasteiger partial charge in [-0.15, -0.1) is 0 Å². The van der Waals surface area contributed by atoms with Crippen molar-refractivity contribution in [2.45, 2.75) is 20.4 Å². The van der Waals surface area contributed by atoms with Crippen LogP contribution in [0, 0.1) is 11.8 Å². The van der Waals surface area contributed by atoms with Gasteiger partial charge in [0.1, 0.15) is 5.69 Å². The first-order valence-electron chi connectivity index (χ1n) is 6.31. The van der Waals surface area contributed by atoms with E-state index in [0.29, 0.717) is 18.8 Å². The minimum absolute atomic E-state index is 0.0265. The highest BCUT2D eigenvalue weighted by Crippen LogP contribution is 2.26. The van der Waals surface area contributed by atoms with Gasteiger partial charge in [-0.25, -0.2) is 0 Å². The number of carboxylic acid groups (broad SMARTS) is 1. The molecule has 1 aromatic heterocycles. The molecule has 0 aromatic carbocycles. The van der Waals surface area contributed by atoms with E-state index < -0.39 is 11.9 Å². The Morgan fingerprint density at radius 2 is 2.16 bits per heavy atom. The second kappa shape index (κ2) is 5.36. The zero-order valence-corrected chi connectivity index (χ0v) is 12.6. The standard InChI is InChI=1S/C13H17BrN2O3/c1-3-15-7-10(14)4-11(15)12(17)16-5-9(6-16)8(2)13(18)19/h4,7-9H,3,5-6H2,1-2H3,(H,18,19). The molecule has 1 N–H and O–H groups in total. The molecule has 104 valence electrons. The van der Waals surface area contributed by atoms with Crippen molar-refractivity contribution in [2.24, 2.45) is 11.8 Å². The first-order chi connectivity index (χ1) is 8.93. The molecule has 0 bridgehead atoms. The minimum atomic E-state index is -0.795. The van der Waals surface area contributed by atoms with Crippen molar-refractivity contribution in [1.82, 2.24) is 9.47 Å². The number of aryl methyl sites for hydroxylation is 1. The van der Waals surface area contributed by atoms with Gasteiger partial charge < -0.3 is 14.6 Å². The fraction of sp³-hybridized carbons (Fsp3) is 0.538. The van der Waals surface area contributed by atoms with Crippen molar-refractivity contribution >= 4 is 27.8 Å². The predicted molar refractivity (Wildman–Crippen MR) is 74.0 cm³/mol. The van der Waals surface area contributed by atoms with Crippen molar-refractivity contribution in [1.29, 1.82) is 0 Å². The van der Waals surface area contributed by atoms with Gasteiger partial charge in [-0.1, -0.05) is 6.92 Å². The van der Waals surface area contributed by atoms with Crippen LogP contribution < -0.4 is 0 Å². The van der Waals surface area contributed by atoms with Crippen LogP contribution in [0.4, 0.5) is 0 Å². The maximum absolute atomic E-state index is 12.3. The summed E-state index contributed by atoms with van der Waals surface area (Å²) in [6.07, 6.45) is 1.88. The van der Waals surface area contributed by atoms with Crippen LogP contribution in [0.25, 0.3) is 0 Å². The van der Waals surface area contributed by atoms with Crippen molar-refractivity contribution < 1.29 is 14.7 Å². The van der Waals surface area contributed by atoms with Crippen molar-refractivity contribution in [3.8, 4) is 0 Å². The monoisotopic (exact) mass is 328 g/mol. The van der Waals surface area contributed by atoms with Gasteiger partial charge in [0, 0.05) is 36.2 Å². The van der Waals surface area contributed by atoms with Gasteiger partial charge in [-0.05, 0) is 28.9 Å². The van der Waals surface area contributed by atoms with Gasteiger partial charge in [0.05, 0.1) is 5.92 Å². The molecule has 1 aliphatic rings. The van der Waals surface area contributed by atoms with E-state index in [0.717, 1.165) is 11.0 Å². The van der Waals surface area contributed by atoms with Crippen LogP contribution in [0.15, 0.2) is 16.7 Å². The molecular weight excluding hydrogens is 312 g/mol. The van der Waals surface area contributed by atoms with Crippen LogP contribution in [-0.2, 0) is 11.3 Å². The SMILES string of the molecule is CCn1cc(Br)cc1C(=O)N1CC(C(C)C(=O)O)C1. The normalized spacial score (nSPS) is 17.1. The van der Waals surface area contributed by atoms with E-state index >= 15 is 0 Å². The highest BCUT2D eigenvalue weighted by molar-refractivity contribution is 9.10. The Morgan fingerprint density at radius 3 is 2.68 bits per heavy atom. The zero-order chi connectivity index (χ0) is 14.2. The predicted octanol–water partition coefficient (Wildman–Crippen LogP) is 2.06. The third-order valence-corrected chi connectivity index (χ3v) is 4.15. The van der Waals surface area contributed by atoms with Gasteiger partial charge in [0.25, 0.3) is 5.91 Å². The summed E-state index contributed by atoms with van der Waals surface area (Å²) in [6.45, 7) is 5.46. The quantitative estimate of drug-likeness (QED) is 0.920. The molecule has 1 atom stereocenters. The van der Waals surface area contributed by atoms with Crippen LogP contribution in [0.1, 0.15) is 24.3 Å². The van der Waals surface area contributed by atoms with Crippen molar-refractivity contribution in [3.63, 3.8) is 0 Å².